The van der Waals surface area contributed by atoms with Crippen molar-refractivity contribution in [2.24, 2.45) is 0 Å². The van der Waals surface area contributed by atoms with Crippen molar-refractivity contribution in [3.05, 3.63) is 47.0 Å². The highest BCUT2D eigenvalue weighted by molar-refractivity contribution is 5.76. The van der Waals surface area contributed by atoms with Gasteiger partial charge in [0.15, 0.2) is 5.65 Å². The fourth-order valence-electron chi connectivity index (χ4n) is 3.96. The third-order valence-electron chi connectivity index (χ3n) is 5.73. The summed E-state index contributed by atoms with van der Waals surface area (Å²) in [4.78, 5) is 9.49. The van der Waals surface area contributed by atoms with Gasteiger partial charge >= 0.3 is 0 Å². The lowest BCUT2D eigenvalue weighted by Gasteiger charge is -2.28. The number of hydrogen-bond donors (Lipinski definition) is 2. The van der Waals surface area contributed by atoms with Crippen LogP contribution in [0, 0.1) is 0 Å². The van der Waals surface area contributed by atoms with E-state index < -0.39 is 0 Å². The third-order valence-corrected chi connectivity index (χ3v) is 5.73. The Kier molecular flexibility index (Phi) is 6.44. The zero-order chi connectivity index (χ0) is 24.8. The highest BCUT2D eigenvalue weighted by Crippen LogP contribution is 2.34. The maximum atomic E-state index is 4.75. The third kappa shape index (κ3) is 5.43. The van der Waals surface area contributed by atoms with E-state index in [4.69, 9.17) is 9.97 Å². The number of fused-ring (bicyclic) bond motifs is 2. The summed E-state index contributed by atoms with van der Waals surface area (Å²) >= 11 is 0. The van der Waals surface area contributed by atoms with Crippen molar-refractivity contribution in [3.8, 4) is 0 Å². The fraction of sp³-hybridized carbons (Fsp3) is 0.556. The molecule has 6 nitrogen and oxygen atoms in total. The normalized spacial score (nSPS) is 13.0. The molecule has 4 heterocycles. The average Bonchev–Trinajstić information content (AvgIpc) is 3.32. The molecule has 0 aliphatic heterocycles. The number of rotatable bonds is 1. The second-order valence-electron chi connectivity index (χ2n) is 12.3. The lowest BCUT2D eigenvalue weighted by Crippen LogP contribution is -2.23. The summed E-state index contributed by atoms with van der Waals surface area (Å²) in [6, 6.07) is 4.40. The van der Waals surface area contributed by atoms with Gasteiger partial charge in [-0.3, -0.25) is 10.2 Å². The maximum absolute atomic E-state index is 4.75. The smallest absolute Gasteiger partial charge is 0.155 e. The summed E-state index contributed by atoms with van der Waals surface area (Å²) in [5.41, 5.74) is 8.02. The molecule has 0 atom stereocenters. The van der Waals surface area contributed by atoms with Crippen molar-refractivity contribution in [2.75, 3.05) is 0 Å². The quantitative estimate of drug-likeness (QED) is 0.331. The van der Waals surface area contributed by atoms with Gasteiger partial charge in [0.2, 0.25) is 0 Å². The van der Waals surface area contributed by atoms with Gasteiger partial charge in [-0.15, -0.1) is 0 Å². The van der Waals surface area contributed by atoms with E-state index >= 15 is 0 Å². The first-order chi connectivity index (χ1) is 15.1. The van der Waals surface area contributed by atoms with Crippen molar-refractivity contribution in [2.45, 2.75) is 98.3 Å². The van der Waals surface area contributed by atoms with Crippen molar-refractivity contribution in [3.63, 3.8) is 0 Å². The Morgan fingerprint density at radius 1 is 0.697 bits per heavy atom. The fourth-order valence-corrected chi connectivity index (χ4v) is 3.96. The highest BCUT2D eigenvalue weighted by atomic mass is 15.1. The van der Waals surface area contributed by atoms with Crippen molar-refractivity contribution in [1.29, 1.82) is 0 Å². The highest BCUT2D eigenvalue weighted by Gasteiger charge is 2.27. The van der Waals surface area contributed by atoms with Gasteiger partial charge in [-0.2, -0.15) is 10.2 Å². The second kappa shape index (κ2) is 8.54. The summed E-state index contributed by atoms with van der Waals surface area (Å²) in [6.07, 6.45) is 3.62. The minimum Gasteiger partial charge on any atom is -0.276 e. The van der Waals surface area contributed by atoms with Gasteiger partial charge in [0.25, 0.3) is 0 Å². The summed E-state index contributed by atoms with van der Waals surface area (Å²) in [5.74, 6) is 0.481. The topological polar surface area (TPSA) is 83.1 Å². The number of H-pyrrole nitrogens is 2. The Morgan fingerprint density at radius 2 is 1.30 bits per heavy atom. The molecular formula is C27H40N6. The van der Waals surface area contributed by atoms with Crippen LogP contribution in [0.15, 0.2) is 24.5 Å². The van der Waals surface area contributed by atoms with Crippen LogP contribution < -0.4 is 0 Å². The number of pyridine rings is 2. The molecule has 0 fully saturated rings. The Balaban J connectivity index is 0.000000186. The molecule has 0 unspecified atom stereocenters. The standard InChI is InChI=1S/C14H21N3.C13H19N3/c1-13(2,3)10-7-9-8-15-17-12(9)16-11(10)14(4,5)6;1-8(2)9-6-10-11(7-14-16-10)15-12(9)13(3,4)5/h7-8H,1-6H3,(H,15,16,17);6-8H,1-5H3,(H,14,16). The molecule has 0 aromatic carbocycles. The molecule has 4 rings (SSSR count). The summed E-state index contributed by atoms with van der Waals surface area (Å²) < 4.78 is 0. The van der Waals surface area contributed by atoms with Gasteiger partial charge in [0.1, 0.15) is 5.52 Å². The molecule has 0 aliphatic carbocycles. The predicted octanol–water partition coefficient (Wildman–Crippen LogP) is 6.93. The van der Waals surface area contributed by atoms with Gasteiger partial charge in [-0.1, -0.05) is 76.2 Å². The lowest BCUT2D eigenvalue weighted by atomic mass is 9.78. The van der Waals surface area contributed by atoms with Crippen LogP contribution in [0.3, 0.4) is 0 Å². The van der Waals surface area contributed by atoms with Crippen LogP contribution in [0.25, 0.3) is 22.1 Å². The molecule has 2 N–H and O–H groups in total. The monoisotopic (exact) mass is 448 g/mol. The van der Waals surface area contributed by atoms with E-state index in [9.17, 15) is 0 Å². The average molecular weight is 449 g/mol. The molecule has 4 aromatic rings. The number of aromatic nitrogens is 6. The summed E-state index contributed by atoms with van der Waals surface area (Å²) in [5, 5.41) is 15.1. The molecule has 0 bridgehead atoms. The van der Waals surface area contributed by atoms with E-state index in [1.54, 1.807) is 6.20 Å². The van der Waals surface area contributed by atoms with E-state index in [0.717, 1.165) is 27.8 Å². The first-order valence-electron chi connectivity index (χ1n) is 11.8. The van der Waals surface area contributed by atoms with Crippen LogP contribution in [-0.4, -0.2) is 30.4 Å². The van der Waals surface area contributed by atoms with E-state index in [-0.39, 0.29) is 16.2 Å². The number of hydrogen-bond acceptors (Lipinski definition) is 4. The van der Waals surface area contributed by atoms with Crippen LogP contribution in [-0.2, 0) is 16.2 Å². The Labute approximate surface area is 198 Å². The van der Waals surface area contributed by atoms with Crippen LogP contribution in [0.4, 0.5) is 0 Å². The van der Waals surface area contributed by atoms with Crippen LogP contribution >= 0.6 is 0 Å². The van der Waals surface area contributed by atoms with E-state index in [1.807, 2.05) is 6.20 Å². The van der Waals surface area contributed by atoms with E-state index in [1.165, 1.54) is 16.8 Å². The number of nitrogens with one attached hydrogen (secondary N) is 2. The molecule has 0 amide bonds. The van der Waals surface area contributed by atoms with Gasteiger partial charge in [-0.05, 0) is 34.6 Å². The largest absolute Gasteiger partial charge is 0.276 e. The van der Waals surface area contributed by atoms with E-state index in [2.05, 4.69) is 109 Å². The SMILES string of the molecule is CC(C)(C)c1cc2cn[nH]c2nc1C(C)(C)C.CC(C)c1cc2[nH]ncc2nc1C(C)(C)C. The second-order valence-corrected chi connectivity index (χ2v) is 12.3. The molecule has 178 valence electrons. The van der Waals surface area contributed by atoms with Crippen LogP contribution in [0.2, 0.25) is 0 Å². The van der Waals surface area contributed by atoms with Crippen LogP contribution in [0.1, 0.15) is 105 Å². The number of nitrogens with zero attached hydrogens (tertiary/aromatic N) is 4. The molecule has 0 radical (unpaired) electrons. The summed E-state index contributed by atoms with van der Waals surface area (Å²) in [7, 11) is 0. The van der Waals surface area contributed by atoms with Gasteiger partial charge in [0.05, 0.1) is 29.3 Å². The minimum atomic E-state index is 0.0436. The molecule has 0 saturated heterocycles. The predicted molar refractivity (Wildman–Crippen MR) is 138 cm³/mol. The summed E-state index contributed by atoms with van der Waals surface area (Å²) in [6.45, 7) is 24.3. The molecule has 33 heavy (non-hydrogen) atoms. The maximum Gasteiger partial charge on any atom is 0.155 e. The lowest BCUT2D eigenvalue weighted by molar-refractivity contribution is 0.516. The molecule has 0 spiro atoms. The molecular weight excluding hydrogens is 408 g/mol. The van der Waals surface area contributed by atoms with Crippen molar-refractivity contribution in [1.82, 2.24) is 30.4 Å². The molecule has 4 aromatic heterocycles. The molecule has 0 saturated carbocycles. The zero-order valence-corrected chi connectivity index (χ0v) is 22.2. The van der Waals surface area contributed by atoms with Gasteiger partial charge in [-0.25, -0.2) is 9.97 Å². The Bertz CT molecular complexity index is 1190. The number of aromatic amines is 2. The van der Waals surface area contributed by atoms with Gasteiger partial charge < -0.3 is 0 Å². The molecule has 6 heteroatoms. The first kappa shape index (κ1) is 24.9. The zero-order valence-electron chi connectivity index (χ0n) is 22.2. The van der Waals surface area contributed by atoms with Gasteiger partial charge in [0, 0.05) is 16.2 Å². The van der Waals surface area contributed by atoms with Crippen LogP contribution in [0.5, 0.6) is 0 Å². The Hall–Kier alpha value is -2.76. The van der Waals surface area contributed by atoms with Crippen molar-refractivity contribution >= 4 is 22.1 Å². The minimum absolute atomic E-state index is 0.0436. The molecule has 0 aliphatic rings. The van der Waals surface area contributed by atoms with Crippen molar-refractivity contribution < 1.29 is 0 Å². The first-order valence-corrected chi connectivity index (χ1v) is 11.8. The Morgan fingerprint density at radius 3 is 1.85 bits per heavy atom. The van der Waals surface area contributed by atoms with E-state index in [0.29, 0.717) is 5.92 Å².